The molecule has 6 nitrogen and oxygen atoms in total. The van der Waals surface area contributed by atoms with E-state index in [-0.39, 0.29) is 28.5 Å². The monoisotopic (exact) mass is 374 g/mol. The minimum Gasteiger partial charge on any atom is -0.495 e. The Kier molecular flexibility index (Phi) is 5.29. The summed E-state index contributed by atoms with van der Waals surface area (Å²) < 4.78 is 34.2. The van der Waals surface area contributed by atoms with Crippen molar-refractivity contribution in [3.05, 3.63) is 54.1 Å². The van der Waals surface area contributed by atoms with E-state index in [1.165, 1.54) is 26.2 Å². The maximum Gasteiger partial charge on any atom is 0.244 e. The Morgan fingerprint density at radius 3 is 2.42 bits per heavy atom. The maximum absolute atomic E-state index is 13.1. The van der Waals surface area contributed by atoms with Crippen molar-refractivity contribution in [2.24, 2.45) is 5.92 Å². The van der Waals surface area contributed by atoms with Gasteiger partial charge in [0.2, 0.25) is 15.9 Å². The van der Waals surface area contributed by atoms with Gasteiger partial charge in [0.1, 0.15) is 10.6 Å². The second-order valence-corrected chi connectivity index (χ2v) is 8.08. The van der Waals surface area contributed by atoms with Crippen LogP contribution in [0, 0.1) is 5.92 Å². The predicted octanol–water partition coefficient (Wildman–Crippen LogP) is 3.08. The molecule has 138 valence electrons. The van der Waals surface area contributed by atoms with E-state index in [4.69, 9.17) is 4.74 Å². The Bertz CT molecular complexity index is 893. The molecule has 2 aromatic carbocycles. The van der Waals surface area contributed by atoms with Crippen LogP contribution in [0.3, 0.4) is 0 Å². The fraction of sp³-hybridized carbons (Fsp3) is 0.316. The summed E-state index contributed by atoms with van der Waals surface area (Å²) >= 11 is 0. The molecule has 1 aliphatic rings. The number of amides is 1. The van der Waals surface area contributed by atoms with Gasteiger partial charge in [-0.1, -0.05) is 30.3 Å². The molecule has 0 radical (unpaired) electrons. The van der Waals surface area contributed by atoms with Crippen LogP contribution in [0.15, 0.2) is 53.4 Å². The number of carbonyl (C=O) groups is 1. The number of rotatable bonds is 7. The number of sulfonamides is 1. The number of benzene rings is 2. The molecule has 0 heterocycles. The highest BCUT2D eigenvalue weighted by Crippen LogP contribution is 2.42. The van der Waals surface area contributed by atoms with Crippen molar-refractivity contribution < 1.29 is 17.9 Å². The smallest absolute Gasteiger partial charge is 0.244 e. The molecule has 0 aromatic heterocycles. The predicted molar refractivity (Wildman–Crippen MR) is 99.5 cm³/mol. The molecule has 1 amide bonds. The van der Waals surface area contributed by atoms with Gasteiger partial charge in [-0.3, -0.25) is 4.79 Å². The van der Waals surface area contributed by atoms with Crippen LogP contribution in [0.25, 0.3) is 0 Å². The molecule has 0 bridgehead atoms. The fourth-order valence-corrected chi connectivity index (χ4v) is 4.41. The largest absolute Gasteiger partial charge is 0.495 e. The van der Waals surface area contributed by atoms with Crippen LogP contribution in [0.1, 0.15) is 31.4 Å². The SMILES string of the molecule is COc1ccc(NC(C)=O)cc1S(=O)(=O)N[C@H](c1ccccc1)C1CC1. The Balaban J connectivity index is 1.95. The van der Waals surface area contributed by atoms with Gasteiger partial charge in [0, 0.05) is 18.7 Å². The molecule has 26 heavy (non-hydrogen) atoms. The highest BCUT2D eigenvalue weighted by molar-refractivity contribution is 7.89. The van der Waals surface area contributed by atoms with Crippen LogP contribution in [0.2, 0.25) is 0 Å². The summed E-state index contributed by atoms with van der Waals surface area (Å²) in [5.41, 5.74) is 1.34. The lowest BCUT2D eigenvalue weighted by atomic mass is 10.0. The third-order valence-corrected chi connectivity index (χ3v) is 5.77. The molecule has 1 atom stereocenters. The topological polar surface area (TPSA) is 84.5 Å². The number of methoxy groups -OCH3 is 1. The molecule has 1 fully saturated rings. The van der Waals surface area contributed by atoms with Gasteiger partial charge in [-0.25, -0.2) is 13.1 Å². The summed E-state index contributed by atoms with van der Waals surface area (Å²) in [4.78, 5) is 11.3. The van der Waals surface area contributed by atoms with Gasteiger partial charge in [0.15, 0.2) is 0 Å². The molecule has 1 aliphatic carbocycles. The van der Waals surface area contributed by atoms with Crippen molar-refractivity contribution in [3.8, 4) is 5.75 Å². The van der Waals surface area contributed by atoms with E-state index in [0.717, 1.165) is 18.4 Å². The average Bonchev–Trinajstić information content (AvgIpc) is 3.45. The van der Waals surface area contributed by atoms with Crippen molar-refractivity contribution in [3.63, 3.8) is 0 Å². The average molecular weight is 374 g/mol. The summed E-state index contributed by atoms with van der Waals surface area (Å²) in [6.07, 6.45) is 1.98. The summed E-state index contributed by atoms with van der Waals surface area (Å²) in [6.45, 7) is 1.37. The Morgan fingerprint density at radius 2 is 1.85 bits per heavy atom. The Labute approximate surface area is 153 Å². The number of ether oxygens (including phenoxy) is 1. The molecule has 3 rings (SSSR count). The highest BCUT2D eigenvalue weighted by Gasteiger charge is 2.36. The summed E-state index contributed by atoms with van der Waals surface area (Å²) in [6, 6.07) is 13.8. The molecule has 2 aromatic rings. The van der Waals surface area contributed by atoms with Crippen LogP contribution in [-0.2, 0) is 14.8 Å². The van der Waals surface area contributed by atoms with E-state index in [9.17, 15) is 13.2 Å². The van der Waals surface area contributed by atoms with E-state index < -0.39 is 10.0 Å². The van der Waals surface area contributed by atoms with Crippen LogP contribution >= 0.6 is 0 Å². The normalized spacial score (nSPS) is 15.3. The van der Waals surface area contributed by atoms with Gasteiger partial charge < -0.3 is 10.1 Å². The summed E-state index contributed by atoms with van der Waals surface area (Å²) in [5, 5.41) is 2.60. The van der Waals surface area contributed by atoms with Crippen LogP contribution in [-0.4, -0.2) is 21.4 Å². The molecular formula is C19H22N2O4S. The molecule has 0 unspecified atom stereocenters. The first kappa shape index (κ1) is 18.4. The third-order valence-electron chi connectivity index (χ3n) is 4.31. The van der Waals surface area contributed by atoms with E-state index in [2.05, 4.69) is 10.0 Å². The minimum absolute atomic E-state index is 0.00725. The first-order valence-corrected chi connectivity index (χ1v) is 9.92. The zero-order chi connectivity index (χ0) is 18.7. The third kappa shape index (κ3) is 4.23. The molecule has 0 saturated heterocycles. The lowest BCUT2D eigenvalue weighted by molar-refractivity contribution is -0.114. The lowest BCUT2D eigenvalue weighted by Gasteiger charge is -2.20. The van der Waals surface area contributed by atoms with Gasteiger partial charge in [-0.05, 0) is 42.5 Å². The molecule has 0 aliphatic heterocycles. The summed E-state index contributed by atoms with van der Waals surface area (Å²) in [7, 11) is -2.42. The number of anilines is 1. The van der Waals surface area contributed by atoms with Crippen LogP contribution in [0.4, 0.5) is 5.69 Å². The van der Waals surface area contributed by atoms with E-state index in [1.807, 2.05) is 30.3 Å². The van der Waals surface area contributed by atoms with Crippen LogP contribution in [0.5, 0.6) is 5.75 Å². The summed E-state index contributed by atoms with van der Waals surface area (Å²) in [5.74, 6) is 0.248. The quantitative estimate of drug-likeness (QED) is 0.780. The number of carbonyl (C=O) groups excluding carboxylic acids is 1. The second-order valence-electron chi connectivity index (χ2n) is 6.39. The molecule has 7 heteroatoms. The van der Waals surface area contributed by atoms with Crippen molar-refractivity contribution in [1.82, 2.24) is 4.72 Å². The number of nitrogens with one attached hydrogen (secondary N) is 2. The fourth-order valence-electron chi connectivity index (χ4n) is 2.92. The van der Waals surface area contributed by atoms with Gasteiger partial charge >= 0.3 is 0 Å². The highest BCUT2D eigenvalue weighted by atomic mass is 32.2. The van der Waals surface area contributed by atoms with E-state index in [1.54, 1.807) is 6.07 Å². The van der Waals surface area contributed by atoms with Gasteiger partial charge in [0.25, 0.3) is 0 Å². The van der Waals surface area contributed by atoms with Crippen LogP contribution < -0.4 is 14.8 Å². The van der Waals surface area contributed by atoms with E-state index in [0.29, 0.717) is 5.69 Å². The van der Waals surface area contributed by atoms with Gasteiger partial charge in [0.05, 0.1) is 7.11 Å². The minimum atomic E-state index is -3.84. The first-order valence-electron chi connectivity index (χ1n) is 8.43. The van der Waals surface area contributed by atoms with Gasteiger partial charge in [-0.2, -0.15) is 0 Å². The maximum atomic E-state index is 13.1. The van der Waals surface area contributed by atoms with Crippen molar-refractivity contribution in [2.45, 2.75) is 30.7 Å². The molecular weight excluding hydrogens is 352 g/mol. The van der Waals surface area contributed by atoms with E-state index >= 15 is 0 Å². The zero-order valence-electron chi connectivity index (χ0n) is 14.7. The Hall–Kier alpha value is -2.38. The Morgan fingerprint density at radius 1 is 1.15 bits per heavy atom. The molecule has 1 saturated carbocycles. The van der Waals surface area contributed by atoms with Crippen molar-refractivity contribution in [2.75, 3.05) is 12.4 Å². The lowest BCUT2D eigenvalue weighted by Crippen LogP contribution is -2.30. The molecule has 2 N–H and O–H groups in total. The number of hydrogen-bond acceptors (Lipinski definition) is 4. The van der Waals surface area contributed by atoms with Gasteiger partial charge in [-0.15, -0.1) is 0 Å². The molecule has 0 spiro atoms. The second kappa shape index (κ2) is 7.47. The van der Waals surface area contributed by atoms with Crippen molar-refractivity contribution >= 4 is 21.6 Å². The zero-order valence-corrected chi connectivity index (χ0v) is 15.5. The standard InChI is InChI=1S/C19H22N2O4S/c1-13(22)20-16-10-11-17(25-2)18(12-16)26(23,24)21-19(15-8-9-15)14-6-4-3-5-7-14/h3-7,10-12,15,19,21H,8-9H2,1-2H3,(H,20,22)/t19-/m1/s1. The number of hydrogen-bond donors (Lipinski definition) is 2. The van der Waals surface area contributed by atoms with Crippen molar-refractivity contribution in [1.29, 1.82) is 0 Å². The first-order chi connectivity index (χ1) is 12.4.